The van der Waals surface area contributed by atoms with Gasteiger partial charge >= 0.3 is 0 Å². The van der Waals surface area contributed by atoms with Gasteiger partial charge in [-0.2, -0.15) is 0 Å². The maximum Gasteiger partial charge on any atom is 0.160 e. The molecular formula is C16H26O4. The van der Waals surface area contributed by atoms with Gasteiger partial charge in [0.05, 0.1) is 19.8 Å². The molecule has 0 radical (unpaired) electrons. The van der Waals surface area contributed by atoms with Gasteiger partial charge in [0.1, 0.15) is 0 Å². The lowest BCUT2D eigenvalue weighted by atomic mass is 9.83. The Kier molecular flexibility index (Phi) is 6.30. The lowest BCUT2D eigenvalue weighted by molar-refractivity contribution is -0.00558. The Bertz CT molecular complexity index is 415. The molecule has 2 atom stereocenters. The largest absolute Gasteiger partial charge is 0.493 e. The van der Waals surface area contributed by atoms with Gasteiger partial charge in [0.15, 0.2) is 11.5 Å². The van der Waals surface area contributed by atoms with Crippen LogP contribution in [0.2, 0.25) is 0 Å². The first-order valence-electron chi connectivity index (χ1n) is 6.86. The maximum atomic E-state index is 10.6. The molecule has 4 nitrogen and oxygen atoms in total. The molecule has 0 amide bonds. The highest BCUT2D eigenvalue weighted by molar-refractivity contribution is 5.43. The molecule has 0 bridgehead atoms. The van der Waals surface area contributed by atoms with E-state index in [0.717, 1.165) is 12.0 Å². The number of hydrogen-bond donors (Lipinski definition) is 1. The summed E-state index contributed by atoms with van der Waals surface area (Å²) in [5.41, 5.74) is 0.245. The van der Waals surface area contributed by atoms with Crippen LogP contribution in [0, 0.1) is 5.92 Å². The summed E-state index contributed by atoms with van der Waals surface area (Å²) in [5, 5.41) is 10.6. The van der Waals surface area contributed by atoms with E-state index in [4.69, 9.17) is 14.2 Å². The molecule has 0 aromatic heterocycles. The quantitative estimate of drug-likeness (QED) is 0.796. The number of rotatable bonds is 8. The standard InChI is InChI=1S/C16H26O4/c1-12(8-9-18-3)16(2,17)11-13-6-7-14(19-4)15(10-13)20-5/h6-7,10,12,17H,8-9,11H2,1-5H3. The van der Waals surface area contributed by atoms with Gasteiger partial charge < -0.3 is 19.3 Å². The third-order valence-corrected chi connectivity index (χ3v) is 3.83. The minimum atomic E-state index is -0.780. The molecule has 1 N–H and O–H groups in total. The molecule has 1 aromatic rings. The average molecular weight is 282 g/mol. The number of hydrogen-bond acceptors (Lipinski definition) is 4. The van der Waals surface area contributed by atoms with Crippen LogP contribution in [0.25, 0.3) is 0 Å². The van der Waals surface area contributed by atoms with Gasteiger partial charge in [-0.1, -0.05) is 13.0 Å². The van der Waals surface area contributed by atoms with Gasteiger partial charge in [-0.15, -0.1) is 0 Å². The summed E-state index contributed by atoms with van der Waals surface area (Å²) in [5.74, 6) is 1.53. The Labute approximate surface area is 121 Å². The van der Waals surface area contributed by atoms with Crippen LogP contribution >= 0.6 is 0 Å². The third kappa shape index (κ3) is 4.39. The molecule has 0 saturated carbocycles. The van der Waals surface area contributed by atoms with E-state index in [0.29, 0.717) is 24.5 Å². The lowest BCUT2D eigenvalue weighted by Crippen LogP contribution is -2.35. The van der Waals surface area contributed by atoms with E-state index in [-0.39, 0.29) is 5.92 Å². The van der Waals surface area contributed by atoms with Gasteiger partial charge in [-0.25, -0.2) is 0 Å². The van der Waals surface area contributed by atoms with Crippen LogP contribution in [0.4, 0.5) is 0 Å². The topological polar surface area (TPSA) is 47.9 Å². The zero-order chi connectivity index (χ0) is 15.2. The van der Waals surface area contributed by atoms with Crippen LogP contribution < -0.4 is 9.47 Å². The molecular weight excluding hydrogens is 256 g/mol. The number of benzene rings is 1. The van der Waals surface area contributed by atoms with E-state index in [9.17, 15) is 5.11 Å². The number of ether oxygens (including phenoxy) is 3. The predicted molar refractivity (Wildman–Crippen MR) is 79.5 cm³/mol. The monoisotopic (exact) mass is 282 g/mol. The fourth-order valence-corrected chi connectivity index (χ4v) is 2.18. The normalized spacial score (nSPS) is 15.5. The van der Waals surface area contributed by atoms with Crippen molar-refractivity contribution in [2.75, 3.05) is 27.9 Å². The summed E-state index contributed by atoms with van der Waals surface area (Å²) in [6.45, 7) is 4.56. The van der Waals surface area contributed by atoms with Crippen molar-refractivity contribution in [3.63, 3.8) is 0 Å². The molecule has 0 spiro atoms. The van der Waals surface area contributed by atoms with Gasteiger partial charge in [0.2, 0.25) is 0 Å². The number of aliphatic hydroxyl groups is 1. The molecule has 0 aliphatic rings. The van der Waals surface area contributed by atoms with Crippen LogP contribution in [0.15, 0.2) is 18.2 Å². The van der Waals surface area contributed by atoms with Crippen molar-refractivity contribution >= 4 is 0 Å². The molecule has 1 rings (SSSR count). The van der Waals surface area contributed by atoms with E-state index in [1.807, 2.05) is 32.0 Å². The molecule has 2 unspecified atom stereocenters. The van der Waals surface area contributed by atoms with Crippen LogP contribution in [0.5, 0.6) is 11.5 Å². The summed E-state index contributed by atoms with van der Waals surface area (Å²) in [7, 11) is 4.90. The van der Waals surface area contributed by atoms with Crippen LogP contribution in [0.1, 0.15) is 25.8 Å². The van der Waals surface area contributed by atoms with E-state index in [2.05, 4.69) is 0 Å². The molecule has 20 heavy (non-hydrogen) atoms. The molecule has 0 aliphatic heterocycles. The molecule has 0 aliphatic carbocycles. The van der Waals surface area contributed by atoms with Crippen LogP contribution in [-0.2, 0) is 11.2 Å². The van der Waals surface area contributed by atoms with Crippen molar-refractivity contribution in [3.05, 3.63) is 23.8 Å². The summed E-state index contributed by atoms with van der Waals surface area (Å²) in [6, 6.07) is 5.74. The van der Waals surface area contributed by atoms with E-state index in [1.165, 1.54) is 0 Å². The second kappa shape index (κ2) is 7.50. The summed E-state index contributed by atoms with van der Waals surface area (Å²) in [4.78, 5) is 0. The second-order valence-corrected chi connectivity index (χ2v) is 5.41. The van der Waals surface area contributed by atoms with E-state index >= 15 is 0 Å². The minimum Gasteiger partial charge on any atom is -0.493 e. The van der Waals surface area contributed by atoms with Crippen LogP contribution in [-0.4, -0.2) is 38.6 Å². The highest BCUT2D eigenvalue weighted by Gasteiger charge is 2.28. The highest BCUT2D eigenvalue weighted by atomic mass is 16.5. The second-order valence-electron chi connectivity index (χ2n) is 5.41. The van der Waals surface area contributed by atoms with Gasteiger partial charge in [-0.05, 0) is 37.0 Å². The average Bonchev–Trinajstić information content (AvgIpc) is 2.43. The number of methoxy groups -OCH3 is 3. The zero-order valence-corrected chi connectivity index (χ0v) is 13.1. The maximum absolute atomic E-state index is 10.6. The van der Waals surface area contributed by atoms with Crippen molar-refractivity contribution in [1.82, 2.24) is 0 Å². The van der Waals surface area contributed by atoms with E-state index < -0.39 is 5.60 Å². The smallest absolute Gasteiger partial charge is 0.160 e. The molecule has 0 heterocycles. The fourth-order valence-electron chi connectivity index (χ4n) is 2.18. The summed E-state index contributed by atoms with van der Waals surface area (Å²) in [6.07, 6.45) is 1.40. The first-order chi connectivity index (χ1) is 9.44. The fraction of sp³-hybridized carbons (Fsp3) is 0.625. The van der Waals surface area contributed by atoms with Crippen LogP contribution in [0.3, 0.4) is 0 Å². The first kappa shape index (κ1) is 16.8. The van der Waals surface area contributed by atoms with Gasteiger partial charge in [0, 0.05) is 20.1 Å². The Hall–Kier alpha value is -1.26. The minimum absolute atomic E-state index is 0.149. The third-order valence-electron chi connectivity index (χ3n) is 3.83. The molecule has 0 saturated heterocycles. The van der Waals surface area contributed by atoms with Gasteiger partial charge in [-0.3, -0.25) is 0 Å². The SMILES string of the molecule is COCCC(C)C(C)(O)Cc1ccc(OC)c(OC)c1. The first-order valence-corrected chi connectivity index (χ1v) is 6.86. The summed E-state index contributed by atoms with van der Waals surface area (Å²) < 4.78 is 15.6. The van der Waals surface area contributed by atoms with E-state index in [1.54, 1.807) is 21.3 Å². The summed E-state index contributed by atoms with van der Waals surface area (Å²) >= 11 is 0. The van der Waals surface area contributed by atoms with Crippen molar-refractivity contribution < 1.29 is 19.3 Å². The molecule has 1 aromatic carbocycles. The molecule has 114 valence electrons. The Morgan fingerprint density at radius 2 is 1.80 bits per heavy atom. The predicted octanol–water partition coefficient (Wildman–Crippen LogP) is 2.67. The zero-order valence-electron chi connectivity index (χ0n) is 13.1. The van der Waals surface area contributed by atoms with Crippen molar-refractivity contribution in [2.45, 2.75) is 32.3 Å². The highest BCUT2D eigenvalue weighted by Crippen LogP contribution is 2.31. The van der Waals surface area contributed by atoms with Crippen molar-refractivity contribution in [3.8, 4) is 11.5 Å². The van der Waals surface area contributed by atoms with Crippen molar-refractivity contribution in [1.29, 1.82) is 0 Å². The Balaban J connectivity index is 2.80. The Morgan fingerprint density at radius 3 is 2.35 bits per heavy atom. The van der Waals surface area contributed by atoms with Crippen molar-refractivity contribution in [2.24, 2.45) is 5.92 Å². The lowest BCUT2D eigenvalue weighted by Gasteiger charge is -2.30. The molecule has 0 fully saturated rings. The van der Waals surface area contributed by atoms with Gasteiger partial charge in [0.25, 0.3) is 0 Å². The molecule has 4 heteroatoms. The Morgan fingerprint density at radius 1 is 1.15 bits per heavy atom.